The highest BCUT2D eigenvalue weighted by Gasteiger charge is 2.32. The monoisotopic (exact) mass is 592 g/mol. The standard InChI is InChI=1S/C36H44N6O2/c1-26(32-24-37-33-14-7-6-13-31(32)33)34(39-36(44)42-17-15-29(16-18-42)28-10-4-3-5-11-28)35(43)38-30-12-8-9-27(23-30)25-41-21-19-40(2)20-22-41/h3-14,23-24,26,29,34,37H,15-22,25H2,1-2H3,(H,38,43)(H,39,44). The minimum atomic E-state index is -0.755. The molecule has 2 aliphatic heterocycles. The summed E-state index contributed by atoms with van der Waals surface area (Å²) < 4.78 is 0. The smallest absolute Gasteiger partial charge is 0.318 e. The molecular weight excluding hydrogens is 548 g/mol. The number of nitrogens with one attached hydrogen (secondary N) is 3. The van der Waals surface area contributed by atoms with Gasteiger partial charge in [0.25, 0.3) is 0 Å². The van der Waals surface area contributed by atoms with E-state index in [0.29, 0.717) is 19.0 Å². The Kier molecular flexibility index (Phi) is 9.28. The number of urea groups is 1. The van der Waals surface area contributed by atoms with Crippen molar-refractivity contribution in [2.24, 2.45) is 0 Å². The molecule has 0 spiro atoms. The highest BCUT2D eigenvalue weighted by molar-refractivity contribution is 5.98. The second kappa shape index (κ2) is 13.7. The van der Waals surface area contributed by atoms with Gasteiger partial charge >= 0.3 is 6.03 Å². The Bertz CT molecular complexity index is 1550. The molecule has 0 radical (unpaired) electrons. The molecular formula is C36H44N6O2. The van der Waals surface area contributed by atoms with Gasteiger partial charge in [0.2, 0.25) is 5.91 Å². The van der Waals surface area contributed by atoms with E-state index in [1.54, 1.807) is 0 Å². The Balaban J connectivity index is 1.17. The number of hydrogen-bond donors (Lipinski definition) is 3. The van der Waals surface area contributed by atoms with E-state index in [0.717, 1.165) is 67.7 Å². The fourth-order valence-corrected chi connectivity index (χ4v) is 6.66. The molecule has 8 nitrogen and oxygen atoms in total. The molecule has 0 aliphatic carbocycles. The molecule has 0 saturated carbocycles. The Morgan fingerprint density at radius 3 is 2.39 bits per heavy atom. The quantitative estimate of drug-likeness (QED) is 0.248. The number of carbonyl (C=O) groups excluding carboxylic acids is 2. The van der Waals surface area contributed by atoms with E-state index in [2.05, 4.69) is 74.9 Å². The molecule has 2 atom stereocenters. The van der Waals surface area contributed by atoms with Crippen LogP contribution in [0.1, 0.15) is 48.3 Å². The molecule has 1 aromatic heterocycles. The molecule has 2 unspecified atom stereocenters. The first-order chi connectivity index (χ1) is 21.4. The predicted octanol–water partition coefficient (Wildman–Crippen LogP) is 5.62. The maximum absolute atomic E-state index is 14.0. The summed E-state index contributed by atoms with van der Waals surface area (Å²) in [6.45, 7) is 8.39. The average Bonchev–Trinajstić information content (AvgIpc) is 3.49. The van der Waals surface area contributed by atoms with Gasteiger partial charge in [-0.2, -0.15) is 0 Å². The van der Waals surface area contributed by atoms with Crippen LogP contribution in [0.2, 0.25) is 0 Å². The van der Waals surface area contributed by atoms with Crippen LogP contribution in [0, 0.1) is 0 Å². The van der Waals surface area contributed by atoms with Crippen molar-refractivity contribution in [3.05, 3.63) is 102 Å². The van der Waals surface area contributed by atoms with Crippen molar-refractivity contribution in [2.45, 2.75) is 44.2 Å². The fourth-order valence-electron chi connectivity index (χ4n) is 6.66. The molecule has 44 heavy (non-hydrogen) atoms. The number of nitrogens with zero attached hydrogens (tertiary/aromatic N) is 3. The number of carbonyl (C=O) groups is 2. The molecule has 8 heteroatoms. The van der Waals surface area contributed by atoms with Crippen molar-refractivity contribution in [3.8, 4) is 0 Å². The number of fused-ring (bicyclic) bond motifs is 1. The van der Waals surface area contributed by atoms with Gasteiger partial charge in [-0.25, -0.2) is 4.79 Å². The third kappa shape index (κ3) is 6.98. The zero-order valence-corrected chi connectivity index (χ0v) is 25.8. The second-order valence-electron chi connectivity index (χ2n) is 12.4. The van der Waals surface area contributed by atoms with Gasteiger partial charge in [0, 0.05) is 74.5 Å². The molecule has 2 saturated heterocycles. The summed E-state index contributed by atoms with van der Waals surface area (Å²) in [5, 5.41) is 7.35. The first-order valence-corrected chi connectivity index (χ1v) is 15.9. The Morgan fingerprint density at radius 2 is 1.61 bits per heavy atom. The van der Waals surface area contributed by atoms with Crippen LogP contribution >= 0.6 is 0 Å². The van der Waals surface area contributed by atoms with E-state index in [-0.39, 0.29) is 17.9 Å². The number of aromatic amines is 1. The van der Waals surface area contributed by atoms with Crippen LogP contribution in [0.3, 0.4) is 0 Å². The normalized spacial score (nSPS) is 18.2. The van der Waals surface area contributed by atoms with Crippen LogP contribution in [-0.2, 0) is 11.3 Å². The topological polar surface area (TPSA) is 83.7 Å². The highest BCUT2D eigenvalue weighted by atomic mass is 16.2. The average molecular weight is 593 g/mol. The summed E-state index contributed by atoms with van der Waals surface area (Å²) >= 11 is 0. The van der Waals surface area contributed by atoms with E-state index in [4.69, 9.17) is 0 Å². The fraction of sp³-hybridized carbons (Fsp3) is 0.389. The molecule has 2 aliphatic rings. The van der Waals surface area contributed by atoms with Crippen LogP contribution in [-0.4, -0.2) is 84.0 Å². The molecule has 230 valence electrons. The number of piperidine rings is 1. The van der Waals surface area contributed by atoms with Crippen LogP contribution in [0.4, 0.5) is 10.5 Å². The number of amides is 3. The van der Waals surface area contributed by atoms with Crippen molar-refractivity contribution in [3.63, 3.8) is 0 Å². The van der Waals surface area contributed by atoms with Crippen molar-refractivity contribution in [1.82, 2.24) is 25.0 Å². The largest absolute Gasteiger partial charge is 0.361 e. The lowest BCUT2D eigenvalue weighted by Crippen LogP contribution is -2.53. The number of H-pyrrole nitrogens is 1. The molecule has 3 amide bonds. The summed E-state index contributed by atoms with van der Waals surface area (Å²) in [4.78, 5) is 37.7. The number of aromatic nitrogens is 1. The third-order valence-electron chi connectivity index (χ3n) is 9.42. The van der Waals surface area contributed by atoms with E-state index in [1.165, 1.54) is 11.1 Å². The van der Waals surface area contributed by atoms with Crippen LogP contribution in [0.25, 0.3) is 10.9 Å². The summed E-state index contributed by atoms with van der Waals surface area (Å²) in [6, 6.07) is 25.8. The molecule has 3 heterocycles. The van der Waals surface area contributed by atoms with Gasteiger partial charge in [-0.05, 0) is 60.7 Å². The predicted molar refractivity (Wildman–Crippen MR) is 177 cm³/mol. The van der Waals surface area contributed by atoms with Crippen LogP contribution in [0.5, 0.6) is 0 Å². The Hall–Kier alpha value is -4.14. The number of likely N-dealkylation sites (N-methyl/N-ethyl adjacent to an activating group) is 1. The van der Waals surface area contributed by atoms with Crippen LogP contribution in [0.15, 0.2) is 85.1 Å². The number of para-hydroxylation sites is 1. The summed E-state index contributed by atoms with van der Waals surface area (Å²) in [5.74, 6) is -0.0276. The SMILES string of the molecule is CC(c1c[nH]c2ccccc12)C(NC(=O)N1CCC(c2ccccc2)CC1)C(=O)Nc1cccc(CN2CCN(C)CC2)c1. The minimum absolute atomic E-state index is 0.188. The van der Waals surface area contributed by atoms with E-state index in [1.807, 2.05) is 54.4 Å². The first-order valence-electron chi connectivity index (χ1n) is 15.9. The highest BCUT2D eigenvalue weighted by Crippen LogP contribution is 2.30. The van der Waals surface area contributed by atoms with Gasteiger partial charge < -0.3 is 25.4 Å². The van der Waals surface area contributed by atoms with E-state index >= 15 is 0 Å². The molecule has 3 N–H and O–H groups in total. The number of rotatable bonds is 8. The lowest BCUT2D eigenvalue weighted by atomic mass is 9.89. The lowest BCUT2D eigenvalue weighted by Gasteiger charge is -2.34. The first kappa shape index (κ1) is 29.9. The zero-order chi connectivity index (χ0) is 30.5. The molecule has 6 rings (SSSR count). The minimum Gasteiger partial charge on any atom is -0.361 e. The molecule has 2 fully saturated rings. The van der Waals surface area contributed by atoms with Gasteiger partial charge in [-0.3, -0.25) is 9.69 Å². The lowest BCUT2D eigenvalue weighted by molar-refractivity contribution is -0.118. The van der Waals surface area contributed by atoms with Gasteiger partial charge in [0.15, 0.2) is 0 Å². The van der Waals surface area contributed by atoms with Crippen molar-refractivity contribution >= 4 is 28.5 Å². The molecule has 3 aromatic carbocycles. The number of piperazine rings is 1. The van der Waals surface area contributed by atoms with Crippen LogP contribution < -0.4 is 10.6 Å². The van der Waals surface area contributed by atoms with Gasteiger partial charge in [0.05, 0.1) is 0 Å². The number of likely N-dealkylation sites (tertiary alicyclic amines) is 1. The number of anilines is 1. The maximum atomic E-state index is 14.0. The van der Waals surface area contributed by atoms with E-state index in [9.17, 15) is 9.59 Å². The van der Waals surface area contributed by atoms with Crippen molar-refractivity contribution < 1.29 is 9.59 Å². The second-order valence-corrected chi connectivity index (χ2v) is 12.4. The molecule has 0 bridgehead atoms. The summed E-state index contributed by atoms with van der Waals surface area (Å²) in [5.41, 5.74) is 5.26. The van der Waals surface area contributed by atoms with Crippen molar-refractivity contribution in [2.75, 3.05) is 51.6 Å². The Labute approximate surface area is 260 Å². The number of benzene rings is 3. The third-order valence-corrected chi connectivity index (χ3v) is 9.42. The molecule has 4 aromatic rings. The summed E-state index contributed by atoms with van der Waals surface area (Å²) in [7, 11) is 2.16. The summed E-state index contributed by atoms with van der Waals surface area (Å²) in [6.07, 6.45) is 3.78. The van der Waals surface area contributed by atoms with E-state index < -0.39 is 6.04 Å². The van der Waals surface area contributed by atoms with Crippen molar-refractivity contribution in [1.29, 1.82) is 0 Å². The van der Waals surface area contributed by atoms with Gasteiger partial charge in [-0.15, -0.1) is 0 Å². The van der Waals surface area contributed by atoms with Gasteiger partial charge in [-0.1, -0.05) is 67.6 Å². The number of hydrogen-bond acceptors (Lipinski definition) is 4. The zero-order valence-electron chi connectivity index (χ0n) is 25.8. The maximum Gasteiger partial charge on any atom is 0.318 e. The Morgan fingerprint density at radius 1 is 0.886 bits per heavy atom. The van der Waals surface area contributed by atoms with Gasteiger partial charge in [0.1, 0.15) is 6.04 Å².